The topological polar surface area (TPSA) is 93.9 Å². The van der Waals surface area contributed by atoms with E-state index in [0.717, 1.165) is 5.56 Å². The molecule has 0 saturated carbocycles. The van der Waals surface area contributed by atoms with Crippen molar-refractivity contribution >= 4 is 20.1 Å². The summed E-state index contributed by atoms with van der Waals surface area (Å²) in [4.78, 5) is 0.189. The van der Waals surface area contributed by atoms with Gasteiger partial charge in [-0.2, -0.15) is 12.7 Å². The summed E-state index contributed by atoms with van der Waals surface area (Å²) in [5.74, 6) is 0.555. The zero-order chi connectivity index (χ0) is 21.8. The Morgan fingerprint density at radius 1 is 0.900 bits per heavy atom. The Bertz CT molecular complexity index is 1170. The van der Waals surface area contributed by atoms with E-state index in [9.17, 15) is 16.8 Å². The van der Waals surface area contributed by atoms with Crippen LogP contribution < -0.4 is 4.18 Å². The number of nitrogens with zero attached hydrogens (tertiary/aromatic N) is 1. The second-order valence-corrected chi connectivity index (χ2v) is 10.5. The van der Waals surface area contributed by atoms with Crippen LogP contribution in [0.25, 0.3) is 0 Å². The van der Waals surface area contributed by atoms with E-state index >= 15 is 0 Å². The summed E-state index contributed by atoms with van der Waals surface area (Å²) in [6.07, 6.45) is 1.49. The maximum Gasteiger partial charge on any atom is 0.308 e. The standard InChI is InChI=1S/C21H23NO6S2/c1-3-29(23,24)28-19-10-8-18(9-11-19)15-22(16-20-5-4-14-27-20)30(25,26)21-12-6-17(2)7-13-21/h4-14H,3,15-16H2,1-2H3. The molecule has 160 valence electrons. The molecule has 30 heavy (non-hydrogen) atoms. The molecular weight excluding hydrogens is 426 g/mol. The van der Waals surface area contributed by atoms with Crippen molar-refractivity contribution in [3.63, 3.8) is 0 Å². The highest BCUT2D eigenvalue weighted by Gasteiger charge is 2.26. The summed E-state index contributed by atoms with van der Waals surface area (Å²) >= 11 is 0. The molecule has 0 radical (unpaired) electrons. The van der Waals surface area contributed by atoms with Gasteiger partial charge in [0, 0.05) is 6.54 Å². The molecule has 0 aliphatic carbocycles. The molecule has 3 aromatic rings. The van der Waals surface area contributed by atoms with Gasteiger partial charge in [0.15, 0.2) is 0 Å². The number of furan rings is 1. The van der Waals surface area contributed by atoms with Crippen molar-refractivity contribution in [2.75, 3.05) is 5.75 Å². The van der Waals surface area contributed by atoms with Crippen LogP contribution in [-0.4, -0.2) is 26.9 Å². The molecule has 0 fully saturated rings. The molecule has 1 heterocycles. The average Bonchev–Trinajstić information content (AvgIpc) is 3.22. The molecule has 0 spiro atoms. The fraction of sp³-hybridized carbons (Fsp3) is 0.238. The molecule has 3 rings (SSSR count). The monoisotopic (exact) mass is 449 g/mol. The van der Waals surface area contributed by atoms with Crippen molar-refractivity contribution in [3.05, 3.63) is 83.8 Å². The SMILES string of the molecule is CCS(=O)(=O)Oc1ccc(CN(Cc2ccco2)S(=O)(=O)c2ccc(C)cc2)cc1. The highest BCUT2D eigenvalue weighted by molar-refractivity contribution is 7.89. The highest BCUT2D eigenvalue weighted by Crippen LogP contribution is 2.23. The van der Waals surface area contributed by atoms with Crippen LogP contribution in [0.4, 0.5) is 0 Å². The largest absolute Gasteiger partial charge is 0.468 e. The second kappa shape index (κ2) is 9.03. The molecule has 0 bridgehead atoms. The van der Waals surface area contributed by atoms with Crippen LogP contribution in [0.2, 0.25) is 0 Å². The number of hydrogen-bond acceptors (Lipinski definition) is 6. The summed E-state index contributed by atoms with van der Waals surface area (Å²) in [6, 6.07) is 16.4. The minimum Gasteiger partial charge on any atom is -0.468 e. The van der Waals surface area contributed by atoms with Gasteiger partial charge >= 0.3 is 10.1 Å². The van der Waals surface area contributed by atoms with E-state index < -0.39 is 20.1 Å². The number of benzene rings is 2. The van der Waals surface area contributed by atoms with Crippen LogP contribution in [0.5, 0.6) is 5.75 Å². The van der Waals surface area contributed by atoms with Gasteiger partial charge in [0.2, 0.25) is 10.0 Å². The Hall–Kier alpha value is -2.62. The van der Waals surface area contributed by atoms with Gasteiger partial charge in [0.25, 0.3) is 0 Å². The zero-order valence-electron chi connectivity index (χ0n) is 16.7. The van der Waals surface area contributed by atoms with E-state index in [1.165, 1.54) is 29.6 Å². The van der Waals surface area contributed by atoms with Gasteiger partial charge in [-0.25, -0.2) is 8.42 Å². The number of hydrogen-bond donors (Lipinski definition) is 0. The maximum absolute atomic E-state index is 13.2. The summed E-state index contributed by atoms with van der Waals surface area (Å²) in [5.41, 5.74) is 1.64. The smallest absolute Gasteiger partial charge is 0.308 e. The first-order valence-corrected chi connectivity index (χ1v) is 12.3. The summed E-state index contributed by atoms with van der Waals surface area (Å²) in [7, 11) is -7.41. The van der Waals surface area contributed by atoms with Gasteiger partial charge in [0.05, 0.1) is 23.5 Å². The van der Waals surface area contributed by atoms with E-state index in [4.69, 9.17) is 8.60 Å². The number of rotatable bonds is 9. The lowest BCUT2D eigenvalue weighted by Crippen LogP contribution is -2.30. The molecule has 9 heteroatoms. The lowest BCUT2D eigenvalue weighted by atomic mass is 10.2. The van der Waals surface area contributed by atoms with Crippen LogP contribution >= 0.6 is 0 Å². The quantitative estimate of drug-likeness (QED) is 0.462. The van der Waals surface area contributed by atoms with Crippen LogP contribution in [0.3, 0.4) is 0 Å². The van der Waals surface area contributed by atoms with Gasteiger partial charge in [0.1, 0.15) is 11.5 Å². The predicted octanol–water partition coefficient (Wildman–Crippen LogP) is 3.71. The van der Waals surface area contributed by atoms with Gasteiger partial charge in [-0.05, 0) is 55.8 Å². The first kappa shape index (κ1) is 22.1. The summed E-state index contributed by atoms with van der Waals surface area (Å²) < 4.78 is 61.3. The lowest BCUT2D eigenvalue weighted by molar-refractivity contribution is 0.358. The van der Waals surface area contributed by atoms with Crippen LogP contribution in [0.15, 0.2) is 76.2 Å². The fourth-order valence-electron chi connectivity index (χ4n) is 2.72. The summed E-state index contributed by atoms with van der Waals surface area (Å²) in [5, 5.41) is 0. The Morgan fingerprint density at radius 3 is 2.13 bits per heavy atom. The van der Waals surface area contributed by atoms with Crippen molar-refractivity contribution in [2.24, 2.45) is 0 Å². The van der Waals surface area contributed by atoms with Crippen molar-refractivity contribution < 1.29 is 25.4 Å². The van der Waals surface area contributed by atoms with Crippen molar-refractivity contribution in [2.45, 2.75) is 31.8 Å². The molecule has 0 aliphatic rings. The molecule has 0 amide bonds. The van der Waals surface area contributed by atoms with Crippen LogP contribution in [0, 0.1) is 6.92 Å². The Balaban J connectivity index is 1.87. The van der Waals surface area contributed by atoms with Gasteiger partial charge in [-0.1, -0.05) is 29.8 Å². The molecule has 0 N–H and O–H groups in total. The number of aryl methyl sites for hydroxylation is 1. The third kappa shape index (κ3) is 5.50. The second-order valence-electron chi connectivity index (χ2n) is 6.74. The molecule has 0 saturated heterocycles. The fourth-order valence-corrected chi connectivity index (χ4v) is 4.64. The van der Waals surface area contributed by atoms with Crippen molar-refractivity contribution in [1.29, 1.82) is 0 Å². The molecule has 0 atom stereocenters. The first-order valence-electron chi connectivity index (χ1n) is 9.30. The average molecular weight is 450 g/mol. The molecule has 0 aliphatic heterocycles. The molecular formula is C21H23NO6S2. The normalized spacial score (nSPS) is 12.2. The van der Waals surface area contributed by atoms with E-state index in [2.05, 4.69) is 0 Å². The minimum absolute atomic E-state index is 0.0612. The van der Waals surface area contributed by atoms with E-state index in [-0.39, 0.29) is 29.5 Å². The maximum atomic E-state index is 13.2. The number of sulfonamides is 1. The minimum atomic E-state index is -3.79. The predicted molar refractivity (Wildman–Crippen MR) is 113 cm³/mol. The zero-order valence-corrected chi connectivity index (χ0v) is 18.3. The third-order valence-corrected chi connectivity index (χ3v) is 7.39. The lowest BCUT2D eigenvalue weighted by Gasteiger charge is -2.21. The third-order valence-electron chi connectivity index (χ3n) is 4.43. The molecule has 7 nitrogen and oxygen atoms in total. The van der Waals surface area contributed by atoms with E-state index in [1.54, 1.807) is 48.5 Å². The molecule has 0 unspecified atom stereocenters. The van der Waals surface area contributed by atoms with Crippen LogP contribution in [-0.2, 0) is 33.2 Å². The Labute approximate surface area is 177 Å². The summed E-state index contributed by atoms with van der Waals surface area (Å²) in [6.45, 7) is 3.52. The first-order chi connectivity index (χ1) is 14.2. The van der Waals surface area contributed by atoms with Gasteiger partial charge in [-0.3, -0.25) is 0 Å². The molecule has 2 aromatic carbocycles. The van der Waals surface area contributed by atoms with Crippen LogP contribution in [0.1, 0.15) is 23.8 Å². The Kier molecular flexibility index (Phi) is 6.64. The van der Waals surface area contributed by atoms with Gasteiger partial charge < -0.3 is 8.60 Å². The van der Waals surface area contributed by atoms with E-state index in [0.29, 0.717) is 11.3 Å². The van der Waals surface area contributed by atoms with Crippen molar-refractivity contribution in [3.8, 4) is 5.75 Å². The molecule has 1 aromatic heterocycles. The van der Waals surface area contributed by atoms with Gasteiger partial charge in [-0.15, -0.1) is 0 Å². The highest BCUT2D eigenvalue weighted by atomic mass is 32.2. The van der Waals surface area contributed by atoms with E-state index in [1.807, 2.05) is 6.92 Å². The Morgan fingerprint density at radius 2 is 1.57 bits per heavy atom. The van der Waals surface area contributed by atoms with Crippen molar-refractivity contribution in [1.82, 2.24) is 4.31 Å².